The third-order valence-electron chi connectivity index (χ3n) is 12.9. The minimum Gasteiger partial charge on any atom is -0.396 e. The molecule has 4 aliphatic heterocycles. The van der Waals surface area contributed by atoms with Crippen LogP contribution in [-0.4, -0.2) is 101 Å². The molecule has 0 aliphatic carbocycles. The van der Waals surface area contributed by atoms with Gasteiger partial charge in [-0.1, -0.05) is 38.2 Å². The molecule has 64 heavy (non-hydrogen) atoms. The summed E-state index contributed by atoms with van der Waals surface area (Å²) in [6, 6.07) is 11.4. The summed E-state index contributed by atoms with van der Waals surface area (Å²) in [5, 5.41) is 26.4. The van der Waals surface area contributed by atoms with Crippen molar-refractivity contribution in [2.24, 2.45) is 23.7 Å². The first kappa shape index (κ1) is 45.5. The molecule has 4 N–H and O–H groups in total. The molecule has 8 rings (SSSR count). The van der Waals surface area contributed by atoms with Crippen LogP contribution in [0.15, 0.2) is 95.1 Å². The molecule has 0 saturated carbocycles. The Hall–Kier alpha value is -6.52. The van der Waals surface area contributed by atoms with Gasteiger partial charge in [0, 0.05) is 110 Å². The second-order valence-electron chi connectivity index (χ2n) is 16.5. The van der Waals surface area contributed by atoms with Crippen molar-refractivity contribution in [2.45, 2.75) is 77.8 Å². The van der Waals surface area contributed by atoms with E-state index in [1.165, 1.54) is 0 Å². The molecule has 4 bridgehead atoms. The topological polar surface area (TPSA) is 209 Å². The van der Waals surface area contributed by atoms with Crippen LogP contribution in [0.1, 0.15) is 95.9 Å². The average Bonchev–Trinajstić information content (AvgIpc) is 3.71. The number of pyridine rings is 4. The lowest BCUT2D eigenvalue weighted by molar-refractivity contribution is -0.128. The monoisotopic (exact) mass is 872 g/mol. The largest absolute Gasteiger partial charge is 0.396 e. The van der Waals surface area contributed by atoms with Crippen molar-refractivity contribution in [3.8, 4) is 0 Å². The van der Waals surface area contributed by atoms with E-state index in [9.17, 15) is 39.0 Å². The van der Waals surface area contributed by atoms with Gasteiger partial charge in [0.15, 0.2) is 0 Å². The number of nitrogens with zero attached hydrogens (tertiary/aromatic N) is 6. The molecule has 0 aromatic carbocycles. The predicted octanol–water partition coefficient (Wildman–Crippen LogP) is 3.21. The van der Waals surface area contributed by atoms with Crippen LogP contribution in [0.3, 0.4) is 0 Å². The quantitative estimate of drug-likeness (QED) is 0.164. The van der Waals surface area contributed by atoms with Gasteiger partial charge in [-0.2, -0.15) is 0 Å². The Labute approximate surface area is 371 Å². The van der Waals surface area contributed by atoms with Crippen molar-refractivity contribution in [2.75, 3.05) is 26.3 Å². The van der Waals surface area contributed by atoms with Crippen molar-refractivity contribution >= 4 is 35.8 Å². The summed E-state index contributed by atoms with van der Waals surface area (Å²) in [6.45, 7) is 8.60. The van der Waals surface area contributed by atoms with Gasteiger partial charge in [-0.25, -0.2) is 0 Å². The Bertz CT molecular complexity index is 2360. The van der Waals surface area contributed by atoms with Crippen LogP contribution in [0.4, 0.5) is 0 Å². The Morgan fingerprint density at radius 3 is 1.33 bits per heavy atom. The fourth-order valence-electron chi connectivity index (χ4n) is 10.0. The number of aliphatic hydroxyl groups is 2. The van der Waals surface area contributed by atoms with Crippen LogP contribution in [0.2, 0.25) is 0 Å². The van der Waals surface area contributed by atoms with Crippen LogP contribution in [0.5, 0.6) is 0 Å². The van der Waals surface area contributed by atoms with E-state index in [1.54, 1.807) is 104 Å². The minimum atomic E-state index is -0.650. The summed E-state index contributed by atoms with van der Waals surface area (Å²) in [5.41, 5.74) is 2.96. The van der Waals surface area contributed by atoms with E-state index in [0.29, 0.717) is 46.7 Å². The maximum atomic E-state index is 13.6. The summed E-state index contributed by atoms with van der Waals surface area (Å²) >= 11 is 0. The number of rotatable bonds is 12. The van der Waals surface area contributed by atoms with Gasteiger partial charge in [-0.15, -0.1) is 0 Å². The van der Waals surface area contributed by atoms with Gasteiger partial charge >= 0.3 is 0 Å². The molecule has 8 atom stereocenters. The first-order valence-electron chi connectivity index (χ1n) is 22.0. The number of carbonyl (C=O) groups is 4. The summed E-state index contributed by atoms with van der Waals surface area (Å²) in [7, 11) is 0. The Morgan fingerprint density at radius 1 is 0.625 bits per heavy atom. The van der Waals surface area contributed by atoms with Crippen molar-refractivity contribution in [3.63, 3.8) is 0 Å². The molecule has 2 saturated heterocycles. The molecular weight excluding hydrogens is 817 g/mol. The fraction of sp³-hybridized carbons (Fsp3) is 0.417. The van der Waals surface area contributed by atoms with Crippen molar-refractivity contribution in [3.05, 3.63) is 140 Å². The maximum Gasteiger partial charge on any atom is 0.258 e. The predicted molar refractivity (Wildman–Crippen MR) is 239 cm³/mol. The highest BCUT2D eigenvalue weighted by Gasteiger charge is 2.59. The highest BCUT2D eigenvalue weighted by molar-refractivity contribution is 5.97. The molecule has 8 heterocycles. The number of aromatic nitrogens is 4. The Balaban J connectivity index is 0.000000191. The van der Waals surface area contributed by atoms with Crippen LogP contribution < -0.4 is 21.8 Å². The molecule has 4 aromatic heterocycles. The molecule has 16 heteroatoms. The molecule has 0 unspecified atom stereocenters. The molecule has 2 fully saturated rings. The van der Waals surface area contributed by atoms with E-state index >= 15 is 0 Å². The third-order valence-corrected chi connectivity index (χ3v) is 12.9. The molecule has 4 aliphatic rings. The molecule has 4 aromatic rings. The van der Waals surface area contributed by atoms with Gasteiger partial charge in [0.05, 0.1) is 36.0 Å². The van der Waals surface area contributed by atoms with Crippen molar-refractivity contribution < 1.29 is 29.4 Å². The first-order valence-corrected chi connectivity index (χ1v) is 22.0. The van der Waals surface area contributed by atoms with Crippen LogP contribution >= 0.6 is 0 Å². The van der Waals surface area contributed by atoms with Crippen molar-refractivity contribution in [1.29, 1.82) is 0 Å². The normalized spacial score (nSPS) is 23.9. The van der Waals surface area contributed by atoms with Crippen LogP contribution in [0.25, 0.3) is 12.2 Å². The lowest BCUT2D eigenvalue weighted by atomic mass is 9.86. The van der Waals surface area contributed by atoms with E-state index in [0.717, 1.165) is 12.8 Å². The van der Waals surface area contributed by atoms with E-state index in [4.69, 9.17) is 0 Å². The minimum absolute atomic E-state index is 0.155. The number of nitrogens with one attached hydrogen (secondary N) is 2. The zero-order valence-electron chi connectivity index (χ0n) is 36.5. The van der Waals surface area contributed by atoms with Gasteiger partial charge in [0.1, 0.15) is 0 Å². The lowest BCUT2D eigenvalue weighted by Crippen LogP contribution is -2.49. The summed E-state index contributed by atoms with van der Waals surface area (Å²) in [6.07, 6.45) is 14.9. The number of hydrogen-bond donors (Lipinski definition) is 4. The molecule has 0 radical (unpaired) electrons. The van der Waals surface area contributed by atoms with Crippen LogP contribution in [0, 0.1) is 23.7 Å². The number of allylic oxidation sites excluding steroid dienone is 2. The van der Waals surface area contributed by atoms with Gasteiger partial charge in [-0.3, -0.25) is 38.7 Å². The zero-order valence-corrected chi connectivity index (χ0v) is 36.5. The zero-order chi connectivity index (χ0) is 45.7. The van der Waals surface area contributed by atoms with Gasteiger partial charge in [0.2, 0.25) is 11.8 Å². The third kappa shape index (κ3) is 8.23. The highest BCUT2D eigenvalue weighted by atomic mass is 16.3. The summed E-state index contributed by atoms with van der Waals surface area (Å²) in [5.74, 6) is -3.13. The summed E-state index contributed by atoms with van der Waals surface area (Å²) in [4.78, 5) is 91.2. The van der Waals surface area contributed by atoms with Crippen LogP contribution in [-0.2, 0) is 22.7 Å². The fourth-order valence-corrected chi connectivity index (χ4v) is 10.0. The molecule has 0 spiro atoms. The number of carbonyl (C=O) groups excluding carboxylic acids is 4. The maximum absolute atomic E-state index is 13.6. The van der Waals surface area contributed by atoms with Gasteiger partial charge < -0.3 is 39.8 Å². The second-order valence-corrected chi connectivity index (χ2v) is 16.5. The molecular formula is C48H56N8O8. The molecule has 4 amide bonds. The van der Waals surface area contributed by atoms with E-state index in [1.807, 2.05) is 39.8 Å². The SMILES string of the molecule is C/C=C/c1ccc2n(c1=O)C[C@@H]1[C@@H](CO)[C@H](C(=O)NCCC)[C@H]2N1C(=O)c1ccncc1.C/C=C\c1ccc2n(c1=O)C[C@@H]1[C@@H](CO)[C@H](C(=O)NCCC)[C@H]2N1C(=O)c1ccncc1. The second kappa shape index (κ2) is 19.9. The van der Waals surface area contributed by atoms with Gasteiger partial charge in [0.25, 0.3) is 22.9 Å². The number of amides is 4. The summed E-state index contributed by atoms with van der Waals surface area (Å²) < 4.78 is 3.33. The van der Waals surface area contributed by atoms with E-state index in [2.05, 4.69) is 20.6 Å². The standard InChI is InChI=1S/2C24H28N4O4/c2*1-3-5-15-6-7-18-21-20(22(30)26-10-4-2)17(14-29)19(13-27(18)23(15)31)28(21)24(32)16-8-11-25-12-9-16/h2*3,5-9,11-12,17,19-21,29H,4,10,13-14H2,1-2H3,(H,26,30)/b5-3+;5-3-/t2*17-,19-,20+,21+/m11/s1. The highest BCUT2D eigenvalue weighted by Crippen LogP contribution is 2.50. The number of hydrogen-bond acceptors (Lipinski definition) is 10. The van der Waals surface area contributed by atoms with E-state index in [-0.39, 0.29) is 61.1 Å². The average molecular weight is 873 g/mol. The molecule has 16 nitrogen and oxygen atoms in total. The van der Waals surface area contributed by atoms with Gasteiger partial charge in [-0.05, 0) is 75.2 Å². The van der Waals surface area contributed by atoms with Crippen molar-refractivity contribution in [1.82, 2.24) is 39.5 Å². The number of fused-ring (bicyclic) bond motifs is 8. The Morgan fingerprint density at radius 2 is 1.00 bits per heavy atom. The van der Waals surface area contributed by atoms with E-state index < -0.39 is 47.8 Å². The first-order chi connectivity index (χ1) is 31.1. The molecule has 336 valence electrons. The number of aliphatic hydroxyl groups excluding tert-OH is 2. The smallest absolute Gasteiger partial charge is 0.258 e. The Kier molecular flexibility index (Phi) is 14.1. The lowest BCUT2D eigenvalue weighted by Gasteiger charge is -2.38.